The first kappa shape index (κ1) is 10.4. The van der Waals surface area contributed by atoms with Crippen molar-refractivity contribution in [2.45, 2.75) is 6.42 Å². The van der Waals surface area contributed by atoms with E-state index in [4.69, 9.17) is 6.42 Å². The summed E-state index contributed by atoms with van der Waals surface area (Å²) in [5, 5.41) is 0. The van der Waals surface area contributed by atoms with Crippen molar-refractivity contribution in [3.05, 3.63) is 26.9 Å². The summed E-state index contributed by atoms with van der Waals surface area (Å²) in [5.74, 6) is 2.13. The van der Waals surface area contributed by atoms with Crippen molar-refractivity contribution in [1.29, 1.82) is 0 Å². The molecule has 1 aromatic heterocycles. The first-order valence-electron chi connectivity index (χ1n) is 3.43. The molecule has 0 aliphatic heterocycles. The van der Waals surface area contributed by atoms with Gasteiger partial charge in [0.05, 0.1) is 6.42 Å². The summed E-state index contributed by atoms with van der Waals surface area (Å²) in [7, 11) is 0. The minimum Gasteiger partial charge on any atom is -0.291 e. The van der Waals surface area contributed by atoms with Crippen LogP contribution in [0.2, 0.25) is 0 Å². The Bertz CT molecular complexity index is 382. The van der Waals surface area contributed by atoms with E-state index in [1.807, 2.05) is 0 Å². The molecule has 0 saturated carbocycles. The Labute approximate surface area is 93.0 Å². The smallest absolute Gasteiger partial charge is 0.194 e. The van der Waals surface area contributed by atoms with Crippen molar-refractivity contribution in [3.8, 4) is 12.3 Å². The maximum atomic E-state index is 11.3. The van der Waals surface area contributed by atoms with Crippen molar-refractivity contribution >= 4 is 37.6 Å². The number of carbonyl (C=O) groups is 1. The number of hydrogen-bond donors (Lipinski definition) is 0. The average molecular weight is 303 g/mol. The van der Waals surface area contributed by atoms with Crippen LogP contribution in [-0.2, 0) is 0 Å². The first-order valence-corrected chi connectivity index (χ1v) is 5.01. The number of terminal acetylenes is 1. The highest BCUT2D eigenvalue weighted by Gasteiger charge is 2.10. The predicted octanol–water partition coefficient (Wildman–Crippen LogP) is 2.81. The van der Waals surface area contributed by atoms with E-state index in [1.54, 1.807) is 12.3 Å². The fourth-order valence-electron chi connectivity index (χ4n) is 0.796. The largest absolute Gasteiger partial charge is 0.291 e. The van der Waals surface area contributed by atoms with Crippen LogP contribution < -0.4 is 0 Å². The summed E-state index contributed by atoms with van der Waals surface area (Å²) in [6.07, 6.45) is 6.66. The number of rotatable bonds is 2. The van der Waals surface area contributed by atoms with Gasteiger partial charge in [0.2, 0.25) is 0 Å². The SMILES string of the molecule is C#CCC(=O)c1ncc(Br)cc1Br. The summed E-state index contributed by atoms with van der Waals surface area (Å²) < 4.78 is 1.47. The lowest BCUT2D eigenvalue weighted by atomic mass is 10.2. The normalized spacial score (nSPS) is 9.31. The molecule has 0 atom stereocenters. The Kier molecular flexibility index (Phi) is 3.64. The maximum Gasteiger partial charge on any atom is 0.194 e. The van der Waals surface area contributed by atoms with Crippen LogP contribution in [0.25, 0.3) is 0 Å². The lowest BCUT2D eigenvalue weighted by molar-refractivity contribution is 0.0992. The lowest BCUT2D eigenvalue weighted by Gasteiger charge is -1.99. The summed E-state index contributed by atoms with van der Waals surface area (Å²) in [6.45, 7) is 0. The van der Waals surface area contributed by atoms with Crippen molar-refractivity contribution in [1.82, 2.24) is 4.98 Å². The molecule has 0 fully saturated rings. The Balaban J connectivity index is 3.03. The fourth-order valence-corrected chi connectivity index (χ4v) is 2.00. The van der Waals surface area contributed by atoms with Crippen LogP contribution in [0.1, 0.15) is 16.9 Å². The van der Waals surface area contributed by atoms with Crippen molar-refractivity contribution in [3.63, 3.8) is 0 Å². The van der Waals surface area contributed by atoms with Crippen LogP contribution in [0.4, 0.5) is 0 Å². The molecule has 13 heavy (non-hydrogen) atoms. The highest BCUT2D eigenvalue weighted by atomic mass is 79.9. The quantitative estimate of drug-likeness (QED) is 0.621. The van der Waals surface area contributed by atoms with Gasteiger partial charge in [-0.05, 0) is 37.9 Å². The zero-order valence-electron chi connectivity index (χ0n) is 6.55. The molecule has 0 unspecified atom stereocenters. The highest BCUT2D eigenvalue weighted by molar-refractivity contribution is 9.11. The molecule has 0 aliphatic rings. The molecule has 1 rings (SSSR count). The van der Waals surface area contributed by atoms with E-state index in [0.717, 1.165) is 4.47 Å². The Morgan fingerprint density at radius 2 is 2.31 bits per heavy atom. The van der Waals surface area contributed by atoms with E-state index in [2.05, 4.69) is 42.8 Å². The van der Waals surface area contributed by atoms with Gasteiger partial charge in [-0.3, -0.25) is 9.78 Å². The number of aromatic nitrogens is 1. The molecule has 0 radical (unpaired) electrons. The van der Waals surface area contributed by atoms with E-state index in [-0.39, 0.29) is 12.2 Å². The van der Waals surface area contributed by atoms with Crippen LogP contribution in [0.5, 0.6) is 0 Å². The molecule has 0 bridgehead atoms. The number of pyridine rings is 1. The number of hydrogen-bond acceptors (Lipinski definition) is 2. The third-order valence-electron chi connectivity index (χ3n) is 1.33. The highest BCUT2D eigenvalue weighted by Crippen LogP contribution is 2.20. The van der Waals surface area contributed by atoms with Crippen molar-refractivity contribution in [2.24, 2.45) is 0 Å². The zero-order valence-corrected chi connectivity index (χ0v) is 9.72. The summed E-state index contributed by atoms with van der Waals surface area (Å²) >= 11 is 6.48. The average Bonchev–Trinajstić information content (AvgIpc) is 2.04. The molecule has 0 saturated heterocycles. The first-order chi connectivity index (χ1) is 6.15. The fraction of sp³-hybridized carbons (Fsp3) is 0.111. The van der Waals surface area contributed by atoms with Gasteiger partial charge < -0.3 is 0 Å². The van der Waals surface area contributed by atoms with Gasteiger partial charge in [-0.15, -0.1) is 6.42 Å². The van der Waals surface area contributed by atoms with E-state index in [1.165, 1.54) is 0 Å². The van der Waals surface area contributed by atoms with Crippen LogP contribution >= 0.6 is 31.9 Å². The van der Waals surface area contributed by atoms with Crippen LogP contribution in [0, 0.1) is 12.3 Å². The van der Waals surface area contributed by atoms with E-state index in [0.29, 0.717) is 10.2 Å². The second-order valence-electron chi connectivity index (χ2n) is 2.29. The second kappa shape index (κ2) is 4.54. The van der Waals surface area contributed by atoms with Crippen LogP contribution in [-0.4, -0.2) is 10.8 Å². The van der Waals surface area contributed by atoms with E-state index >= 15 is 0 Å². The van der Waals surface area contributed by atoms with Gasteiger partial charge in [-0.2, -0.15) is 0 Å². The van der Waals surface area contributed by atoms with Gasteiger partial charge in [0.15, 0.2) is 5.78 Å². The number of nitrogens with zero attached hydrogens (tertiary/aromatic N) is 1. The van der Waals surface area contributed by atoms with Gasteiger partial charge in [-0.25, -0.2) is 0 Å². The molecule has 4 heteroatoms. The Morgan fingerprint density at radius 1 is 1.62 bits per heavy atom. The molecular weight excluding hydrogens is 298 g/mol. The number of Topliss-reactive ketones (excluding diaryl/α,β-unsaturated/α-hetero) is 1. The third-order valence-corrected chi connectivity index (χ3v) is 2.37. The molecule has 0 amide bonds. The Morgan fingerprint density at radius 3 is 2.85 bits per heavy atom. The molecule has 1 heterocycles. The van der Waals surface area contributed by atoms with E-state index < -0.39 is 0 Å². The maximum absolute atomic E-state index is 11.3. The molecule has 0 aliphatic carbocycles. The summed E-state index contributed by atoms with van der Waals surface area (Å²) in [5.41, 5.74) is 0.376. The van der Waals surface area contributed by atoms with Gasteiger partial charge in [0, 0.05) is 15.1 Å². The topological polar surface area (TPSA) is 30.0 Å². The number of halogens is 2. The minimum absolute atomic E-state index is 0.0766. The summed E-state index contributed by atoms with van der Waals surface area (Å²) in [6, 6.07) is 1.76. The lowest BCUT2D eigenvalue weighted by Crippen LogP contribution is -2.01. The van der Waals surface area contributed by atoms with Crippen molar-refractivity contribution < 1.29 is 4.79 Å². The minimum atomic E-state index is -0.151. The third kappa shape index (κ3) is 2.64. The van der Waals surface area contributed by atoms with Gasteiger partial charge in [0.1, 0.15) is 5.69 Å². The van der Waals surface area contributed by atoms with Gasteiger partial charge in [0.25, 0.3) is 0 Å². The monoisotopic (exact) mass is 301 g/mol. The summed E-state index contributed by atoms with van der Waals surface area (Å²) in [4.78, 5) is 15.3. The van der Waals surface area contributed by atoms with E-state index in [9.17, 15) is 4.79 Å². The molecule has 2 nitrogen and oxygen atoms in total. The van der Waals surface area contributed by atoms with Crippen molar-refractivity contribution in [2.75, 3.05) is 0 Å². The molecular formula is C9H5Br2NO. The molecule has 0 aromatic carbocycles. The second-order valence-corrected chi connectivity index (χ2v) is 4.06. The molecule has 66 valence electrons. The molecule has 0 N–H and O–H groups in total. The Hall–Kier alpha value is -0.660. The number of carbonyl (C=O) groups excluding carboxylic acids is 1. The molecule has 1 aromatic rings. The van der Waals surface area contributed by atoms with Gasteiger partial charge in [-0.1, -0.05) is 5.92 Å². The predicted molar refractivity (Wildman–Crippen MR) is 57.4 cm³/mol. The van der Waals surface area contributed by atoms with Crippen LogP contribution in [0.3, 0.4) is 0 Å². The standard InChI is InChI=1S/C9H5Br2NO/c1-2-3-8(13)9-7(11)4-6(10)5-12-9/h1,4-5H,3H2. The number of ketones is 1. The van der Waals surface area contributed by atoms with Crippen LogP contribution in [0.15, 0.2) is 21.2 Å². The van der Waals surface area contributed by atoms with Gasteiger partial charge >= 0.3 is 0 Å². The zero-order chi connectivity index (χ0) is 9.84. The molecule has 0 spiro atoms.